The summed E-state index contributed by atoms with van der Waals surface area (Å²) in [4.78, 5) is 4.69. The first-order chi connectivity index (χ1) is 8.84. The number of imidazole rings is 1. The smallest absolute Gasteiger partial charge is 0.109 e. The number of benzene rings is 2. The molecule has 0 aliphatic carbocycles. The Kier molecular flexibility index (Phi) is 2.85. The molecule has 2 heteroatoms. The van der Waals surface area contributed by atoms with Crippen LogP contribution in [0.5, 0.6) is 0 Å². The van der Waals surface area contributed by atoms with Crippen LogP contribution in [-0.2, 0) is 19.9 Å². The highest BCUT2D eigenvalue weighted by molar-refractivity contribution is 5.75. The number of hydrogen-bond acceptors (Lipinski definition) is 1. The minimum Gasteiger partial charge on any atom is -0.331 e. The Morgan fingerprint density at radius 1 is 0.889 bits per heavy atom. The van der Waals surface area contributed by atoms with Crippen molar-refractivity contribution in [2.75, 3.05) is 0 Å². The highest BCUT2D eigenvalue weighted by Gasteiger charge is 2.06. The van der Waals surface area contributed by atoms with Crippen molar-refractivity contribution < 1.29 is 0 Å². The van der Waals surface area contributed by atoms with E-state index in [0.29, 0.717) is 0 Å². The van der Waals surface area contributed by atoms with Gasteiger partial charge in [0.05, 0.1) is 11.0 Å². The lowest BCUT2D eigenvalue weighted by Crippen LogP contribution is -2.00. The second-order valence-electron chi connectivity index (χ2n) is 4.56. The fourth-order valence-electron chi connectivity index (χ4n) is 2.32. The molecule has 0 aliphatic heterocycles. The predicted octanol–water partition coefficient (Wildman–Crippen LogP) is 3.36. The summed E-state index contributed by atoms with van der Waals surface area (Å²) in [5.74, 6) is 1.15. The van der Waals surface area contributed by atoms with Gasteiger partial charge in [0.1, 0.15) is 5.82 Å². The summed E-state index contributed by atoms with van der Waals surface area (Å²) in [6, 6.07) is 18.9. The van der Waals surface area contributed by atoms with Crippen molar-refractivity contribution in [2.45, 2.75) is 12.8 Å². The van der Waals surface area contributed by atoms with Crippen LogP contribution in [0.15, 0.2) is 54.6 Å². The van der Waals surface area contributed by atoms with E-state index in [1.165, 1.54) is 11.1 Å². The molecule has 0 radical (unpaired) electrons. The van der Waals surface area contributed by atoms with E-state index >= 15 is 0 Å². The number of fused-ring (bicyclic) bond motifs is 1. The maximum atomic E-state index is 4.69. The lowest BCUT2D eigenvalue weighted by Gasteiger charge is -2.02. The van der Waals surface area contributed by atoms with Gasteiger partial charge in [-0.05, 0) is 24.1 Å². The van der Waals surface area contributed by atoms with Gasteiger partial charge in [-0.1, -0.05) is 42.5 Å². The molecule has 0 fully saturated rings. The molecule has 0 saturated heterocycles. The molecule has 0 bridgehead atoms. The molecule has 3 rings (SSSR count). The van der Waals surface area contributed by atoms with Crippen molar-refractivity contribution in [3.05, 3.63) is 66.0 Å². The Hall–Kier alpha value is -2.09. The Morgan fingerprint density at radius 2 is 1.61 bits per heavy atom. The molecule has 0 unspecified atom stereocenters. The highest BCUT2D eigenvalue weighted by Crippen LogP contribution is 2.15. The first-order valence-corrected chi connectivity index (χ1v) is 6.29. The van der Waals surface area contributed by atoms with Gasteiger partial charge < -0.3 is 4.57 Å². The van der Waals surface area contributed by atoms with Gasteiger partial charge in [0.2, 0.25) is 0 Å². The fourth-order valence-corrected chi connectivity index (χ4v) is 2.32. The van der Waals surface area contributed by atoms with Crippen molar-refractivity contribution in [3.8, 4) is 0 Å². The summed E-state index contributed by atoms with van der Waals surface area (Å²) in [5.41, 5.74) is 3.66. The summed E-state index contributed by atoms with van der Waals surface area (Å²) in [5, 5.41) is 0. The first-order valence-electron chi connectivity index (χ1n) is 6.29. The van der Waals surface area contributed by atoms with E-state index in [1.807, 2.05) is 6.07 Å². The Morgan fingerprint density at radius 3 is 2.39 bits per heavy atom. The third kappa shape index (κ3) is 2.02. The lowest BCUT2D eigenvalue weighted by atomic mass is 10.1. The molecule has 18 heavy (non-hydrogen) atoms. The van der Waals surface area contributed by atoms with Crippen LogP contribution in [0.4, 0.5) is 0 Å². The average molecular weight is 236 g/mol. The molecule has 0 aliphatic rings. The van der Waals surface area contributed by atoms with Crippen LogP contribution >= 0.6 is 0 Å². The Balaban J connectivity index is 1.85. The maximum Gasteiger partial charge on any atom is 0.109 e. The minimum atomic E-state index is 0.981. The van der Waals surface area contributed by atoms with Gasteiger partial charge in [-0.15, -0.1) is 0 Å². The van der Waals surface area contributed by atoms with Gasteiger partial charge >= 0.3 is 0 Å². The van der Waals surface area contributed by atoms with Crippen molar-refractivity contribution in [2.24, 2.45) is 7.05 Å². The average Bonchev–Trinajstić information content (AvgIpc) is 2.75. The molecule has 0 N–H and O–H groups in total. The van der Waals surface area contributed by atoms with E-state index < -0.39 is 0 Å². The SMILES string of the molecule is Cn1c(CCc2ccccc2)nc2ccccc21. The standard InChI is InChI=1S/C16H16N2/c1-18-15-10-6-5-9-14(15)17-16(18)12-11-13-7-3-2-4-8-13/h2-10H,11-12H2,1H3. The number of hydrogen-bond donors (Lipinski definition) is 0. The quantitative estimate of drug-likeness (QED) is 0.682. The topological polar surface area (TPSA) is 17.8 Å². The van der Waals surface area contributed by atoms with E-state index in [-0.39, 0.29) is 0 Å². The van der Waals surface area contributed by atoms with Gasteiger partial charge in [-0.2, -0.15) is 0 Å². The van der Waals surface area contributed by atoms with E-state index in [4.69, 9.17) is 4.98 Å². The summed E-state index contributed by atoms with van der Waals surface area (Å²) >= 11 is 0. The zero-order chi connectivity index (χ0) is 12.4. The molecule has 1 aromatic heterocycles. The monoisotopic (exact) mass is 236 g/mol. The molecule has 1 heterocycles. The number of nitrogens with zero attached hydrogens (tertiary/aromatic N) is 2. The zero-order valence-corrected chi connectivity index (χ0v) is 10.5. The Labute approximate surface area is 107 Å². The van der Waals surface area contributed by atoms with E-state index in [1.54, 1.807) is 0 Å². The van der Waals surface area contributed by atoms with Crippen LogP contribution < -0.4 is 0 Å². The first kappa shape index (κ1) is 11.0. The van der Waals surface area contributed by atoms with Crippen LogP contribution in [0.3, 0.4) is 0 Å². The molecule has 0 saturated carbocycles. The fraction of sp³-hybridized carbons (Fsp3) is 0.188. The van der Waals surface area contributed by atoms with Gasteiger partial charge in [0.25, 0.3) is 0 Å². The predicted molar refractivity (Wildman–Crippen MR) is 74.6 cm³/mol. The number of aryl methyl sites for hydroxylation is 3. The molecule has 90 valence electrons. The molecular weight excluding hydrogens is 220 g/mol. The summed E-state index contributed by atoms with van der Waals surface area (Å²) in [6.45, 7) is 0. The molecule has 0 atom stereocenters. The van der Waals surface area contributed by atoms with Crippen molar-refractivity contribution in [3.63, 3.8) is 0 Å². The summed E-state index contributed by atoms with van der Waals surface area (Å²) in [7, 11) is 2.09. The van der Waals surface area contributed by atoms with Gasteiger partial charge in [-0.25, -0.2) is 4.98 Å². The van der Waals surface area contributed by atoms with Crippen molar-refractivity contribution in [1.82, 2.24) is 9.55 Å². The van der Waals surface area contributed by atoms with Gasteiger partial charge in [0, 0.05) is 13.5 Å². The van der Waals surface area contributed by atoms with Gasteiger partial charge in [0.15, 0.2) is 0 Å². The largest absolute Gasteiger partial charge is 0.331 e. The van der Waals surface area contributed by atoms with Crippen LogP contribution in [0, 0.1) is 0 Å². The molecular formula is C16H16N2. The number of aromatic nitrogens is 2. The third-order valence-electron chi connectivity index (χ3n) is 3.36. The number of rotatable bonds is 3. The second kappa shape index (κ2) is 4.65. The Bertz CT molecular complexity index is 653. The zero-order valence-electron chi connectivity index (χ0n) is 10.5. The van der Waals surface area contributed by atoms with Gasteiger partial charge in [-0.3, -0.25) is 0 Å². The summed E-state index contributed by atoms with van der Waals surface area (Å²) in [6.07, 6.45) is 2.02. The molecule has 2 nitrogen and oxygen atoms in total. The van der Waals surface area contributed by atoms with E-state index in [2.05, 4.69) is 60.1 Å². The second-order valence-corrected chi connectivity index (χ2v) is 4.56. The summed E-state index contributed by atoms with van der Waals surface area (Å²) < 4.78 is 2.19. The van der Waals surface area contributed by atoms with Crippen molar-refractivity contribution >= 4 is 11.0 Å². The molecule has 0 spiro atoms. The van der Waals surface area contributed by atoms with Crippen molar-refractivity contribution in [1.29, 1.82) is 0 Å². The molecule has 3 aromatic rings. The van der Waals surface area contributed by atoms with Crippen LogP contribution in [0.25, 0.3) is 11.0 Å². The lowest BCUT2D eigenvalue weighted by molar-refractivity contribution is 0.787. The molecule has 0 amide bonds. The van der Waals surface area contributed by atoms with E-state index in [9.17, 15) is 0 Å². The third-order valence-corrected chi connectivity index (χ3v) is 3.36. The normalized spacial score (nSPS) is 10.9. The van der Waals surface area contributed by atoms with E-state index in [0.717, 1.165) is 24.2 Å². The van der Waals surface area contributed by atoms with Crippen LogP contribution in [0.2, 0.25) is 0 Å². The minimum absolute atomic E-state index is 0.981. The number of para-hydroxylation sites is 2. The van der Waals surface area contributed by atoms with Crippen LogP contribution in [-0.4, -0.2) is 9.55 Å². The maximum absolute atomic E-state index is 4.69. The molecule has 2 aromatic carbocycles. The van der Waals surface area contributed by atoms with Crippen LogP contribution in [0.1, 0.15) is 11.4 Å². The highest BCUT2D eigenvalue weighted by atomic mass is 15.1.